The number of hydrogen-bond donors (Lipinski definition) is 3. The summed E-state index contributed by atoms with van der Waals surface area (Å²) in [6.07, 6.45) is 1.93. The quantitative estimate of drug-likeness (QED) is 0.579. The minimum absolute atomic E-state index is 0. The summed E-state index contributed by atoms with van der Waals surface area (Å²) >= 11 is 5.90. The Morgan fingerprint density at radius 2 is 1.74 bits per heavy atom. The Balaban J connectivity index is 0.00000171. The maximum Gasteiger partial charge on any atom is 0.239 e. The van der Waals surface area contributed by atoms with Crippen LogP contribution in [0.1, 0.15) is 16.8 Å². The van der Waals surface area contributed by atoms with Crippen molar-refractivity contribution in [2.45, 2.75) is 24.0 Å². The van der Waals surface area contributed by atoms with Gasteiger partial charge in [0.05, 0.1) is 23.2 Å². The van der Waals surface area contributed by atoms with Crippen LogP contribution in [0.4, 0.5) is 5.82 Å². The normalized spacial score (nSPS) is 19.0. The van der Waals surface area contributed by atoms with Gasteiger partial charge in [-0.2, -0.15) is 10.6 Å². The molecule has 4 rings (SSSR count). The van der Waals surface area contributed by atoms with Crippen molar-refractivity contribution in [1.29, 1.82) is 0 Å². The first-order valence-corrected chi connectivity index (χ1v) is 11.7. The maximum atomic E-state index is 12.8. The smallest absolute Gasteiger partial charge is 0.239 e. The van der Waals surface area contributed by atoms with Crippen molar-refractivity contribution in [3.05, 3.63) is 52.4 Å². The highest BCUT2D eigenvalue weighted by Gasteiger charge is 2.33. The van der Waals surface area contributed by atoms with Crippen LogP contribution in [0.15, 0.2) is 30.6 Å². The molecule has 3 heterocycles. The van der Waals surface area contributed by atoms with Crippen molar-refractivity contribution in [3.8, 4) is 0 Å². The predicted molar refractivity (Wildman–Crippen MR) is 129 cm³/mol. The van der Waals surface area contributed by atoms with Gasteiger partial charge in [0, 0.05) is 36.8 Å². The van der Waals surface area contributed by atoms with Gasteiger partial charge in [-0.15, -0.1) is 24.8 Å². The third-order valence-corrected chi connectivity index (χ3v) is 7.07. The molecule has 1 aromatic carbocycles. The summed E-state index contributed by atoms with van der Waals surface area (Å²) < 4.78 is 20.1. The lowest BCUT2D eigenvalue weighted by Crippen LogP contribution is -2.54. The average molecular weight is 511 g/mol. The summed E-state index contributed by atoms with van der Waals surface area (Å²) in [6, 6.07) is 6.75. The Kier molecular flexibility index (Phi) is 8.80. The van der Waals surface area contributed by atoms with Gasteiger partial charge in [-0.05, 0) is 24.1 Å². The van der Waals surface area contributed by atoms with Crippen LogP contribution < -0.4 is 10.6 Å². The minimum Gasteiger partial charge on any atom is -0.353 e. The van der Waals surface area contributed by atoms with Gasteiger partial charge in [-0.25, -0.2) is 9.97 Å². The van der Waals surface area contributed by atoms with E-state index in [4.69, 9.17) is 17.3 Å². The fraction of sp³-hybridized carbons (Fsp3) is 0.421. The fourth-order valence-corrected chi connectivity index (χ4v) is 5.49. The van der Waals surface area contributed by atoms with Crippen LogP contribution in [0, 0.1) is 0 Å². The number of nitrogens with zero attached hydrogens (tertiary/aromatic N) is 4. The first kappa shape index (κ1) is 25.9. The van der Waals surface area contributed by atoms with E-state index in [1.165, 1.54) is 6.33 Å². The summed E-state index contributed by atoms with van der Waals surface area (Å²) in [5.74, 6) is 1.06. The lowest BCUT2D eigenvalue weighted by atomic mass is 10.1. The summed E-state index contributed by atoms with van der Waals surface area (Å²) in [5, 5.41) is 0.655. The molecule has 1 aromatic heterocycles. The molecule has 1 amide bonds. The molecule has 0 aliphatic carbocycles. The zero-order chi connectivity index (χ0) is 20.6. The number of rotatable bonds is 4. The molecule has 2 aliphatic heterocycles. The summed E-state index contributed by atoms with van der Waals surface area (Å²) in [7, 11) is -2.65. The Morgan fingerprint density at radius 3 is 2.39 bits per heavy atom. The molecule has 1 fully saturated rings. The largest absolute Gasteiger partial charge is 0.353 e. The molecule has 0 saturated carbocycles. The van der Waals surface area contributed by atoms with Gasteiger partial charge >= 0.3 is 0 Å². The molecule has 12 heteroatoms. The topological polar surface area (TPSA) is 116 Å². The summed E-state index contributed by atoms with van der Waals surface area (Å²) in [4.78, 5) is 25.2. The molecule has 2 aromatic rings. The summed E-state index contributed by atoms with van der Waals surface area (Å²) in [5.41, 5.74) is 8.65. The third-order valence-electron chi connectivity index (χ3n) is 5.33. The Hall–Kier alpha value is -1.33. The van der Waals surface area contributed by atoms with Crippen molar-refractivity contribution < 1.29 is 13.9 Å². The number of anilines is 1. The second-order valence-electron chi connectivity index (χ2n) is 7.46. The number of carbonyl (C=O) groups is 1. The van der Waals surface area contributed by atoms with Crippen molar-refractivity contribution >= 4 is 58.7 Å². The lowest BCUT2D eigenvalue weighted by molar-refractivity contribution is -0.132. The van der Waals surface area contributed by atoms with Gasteiger partial charge in [0.15, 0.2) is 0 Å². The number of amides is 1. The zero-order valence-corrected chi connectivity index (χ0v) is 19.9. The molecule has 172 valence electrons. The van der Waals surface area contributed by atoms with Crippen LogP contribution >= 0.6 is 47.0 Å². The molecule has 31 heavy (non-hydrogen) atoms. The van der Waals surface area contributed by atoms with Crippen LogP contribution in [0.3, 0.4) is 0 Å². The Labute approximate surface area is 200 Å². The second kappa shape index (κ2) is 10.5. The van der Waals surface area contributed by atoms with Crippen LogP contribution in [0.5, 0.6) is 0 Å². The van der Waals surface area contributed by atoms with Gasteiger partial charge in [0.1, 0.15) is 12.1 Å². The minimum atomic E-state index is -2.65. The zero-order valence-electron chi connectivity index (χ0n) is 16.7. The van der Waals surface area contributed by atoms with Gasteiger partial charge in [-0.3, -0.25) is 13.9 Å². The van der Waals surface area contributed by atoms with E-state index in [2.05, 4.69) is 14.9 Å². The average Bonchev–Trinajstić information content (AvgIpc) is 3.03. The highest BCUT2D eigenvalue weighted by molar-refractivity contribution is 8.23. The lowest BCUT2D eigenvalue weighted by Gasteiger charge is -2.37. The number of hydrogen-bond acceptors (Lipinski definition) is 7. The monoisotopic (exact) mass is 509 g/mol. The molecular weight excluding hydrogens is 485 g/mol. The Morgan fingerprint density at radius 1 is 1.10 bits per heavy atom. The van der Waals surface area contributed by atoms with E-state index in [0.29, 0.717) is 43.3 Å². The first-order chi connectivity index (χ1) is 13.8. The van der Waals surface area contributed by atoms with E-state index in [9.17, 15) is 13.9 Å². The van der Waals surface area contributed by atoms with Gasteiger partial charge in [0.2, 0.25) is 5.91 Å². The predicted octanol–water partition coefficient (Wildman–Crippen LogP) is 2.96. The van der Waals surface area contributed by atoms with E-state index in [0.717, 1.165) is 16.9 Å². The number of nitrogens with two attached hydrogens (primary N) is 1. The number of piperazine rings is 1. The summed E-state index contributed by atoms with van der Waals surface area (Å²) in [6.45, 7) is 2.31. The number of carbonyl (C=O) groups excluding carboxylic acids is 1. The van der Waals surface area contributed by atoms with Crippen molar-refractivity contribution in [3.63, 3.8) is 0 Å². The van der Waals surface area contributed by atoms with E-state index < -0.39 is 16.6 Å². The standard InChI is InChI=1S/C19H24ClN5O3S.2ClH/c20-14-3-1-13(2-4-14)9-16(21)19(26)25-7-5-24(6-8-25)18-15-10-29(27,28)11-17(15)22-12-23-18;;/h1-4,12,16,27-28H,5-11,21H2;2*1H. The molecule has 0 radical (unpaired) electrons. The van der Waals surface area contributed by atoms with Gasteiger partial charge in [0.25, 0.3) is 0 Å². The van der Waals surface area contributed by atoms with Crippen molar-refractivity contribution in [2.24, 2.45) is 5.73 Å². The fourth-order valence-electron chi connectivity index (χ4n) is 3.82. The van der Waals surface area contributed by atoms with E-state index in [1.54, 1.807) is 17.0 Å². The van der Waals surface area contributed by atoms with Crippen LogP contribution in [-0.2, 0) is 22.7 Å². The van der Waals surface area contributed by atoms with Gasteiger partial charge < -0.3 is 15.5 Å². The third kappa shape index (κ3) is 5.92. The van der Waals surface area contributed by atoms with E-state index in [1.807, 2.05) is 12.1 Å². The van der Waals surface area contributed by atoms with Gasteiger partial charge in [-0.1, -0.05) is 23.7 Å². The maximum absolute atomic E-state index is 12.8. The van der Waals surface area contributed by atoms with Crippen LogP contribution in [-0.4, -0.2) is 62.1 Å². The molecule has 1 saturated heterocycles. The molecule has 8 nitrogen and oxygen atoms in total. The highest BCUT2D eigenvalue weighted by Crippen LogP contribution is 2.53. The van der Waals surface area contributed by atoms with E-state index >= 15 is 0 Å². The molecule has 0 spiro atoms. The number of aromatic nitrogens is 2. The number of fused-ring (bicyclic) bond motifs is 1. The van der Waals surface area contributed by atoms with E-state index in [-0.39, 0.29) is 42.2 Å². The second-order valence-corrected chi connectivity index (χ2v) is 10.1. The number of benzene rings is 1. The molecule has 1 unspecified atom stereocenters. The van der Waals surface area contributed by atoms with Crippen molar-refractivity contribution in [1.82, 2.24) is 14.9 Å². The molecule has 1 atom stereocenters. The molecule has 2 aliphatic rings. The molecule has 0 bridgehead atoms. The Bertz CT molecular complexity index is 911. The van der Waals surface area contributed by atoms with Crippen molar-refractivity contribution in [2.75, 3.05) is 31.1 Å². The molecular formula is C19H26Cl3N5O3S. The van der Waals surface area contributed by atoms with Crippen LogP contribution in [0.25, 0.3) is 0 Å². The SMILES string of the molecule is Cl.Cl.NC(Cc1ccc(Cl)cc1)C(=O)N1CCN(c2ncnc3c2CS(O)(O)C3)CC1. The highest BCUT2D eigenvalue weighted by atomic mass is 35.5. The first-order valence-electron chi connectivity index (χ1n) is 9.42. The molecule has 4 N–H and O–H groups in total. The van der Waals surface area contributed by atoms with Crippen LogP contribution in [0.2, 0.25) is 5.02 Å². The number of halogens is 3.